The van der Waals surface area contributed by atoms with Crippen molar-refractivity contribution in [1.29, 1.82) is 0 Å². The van der Waals surface area contributed by atoms with Crippen LogP contribution in [0.2, 0.25) is 0 Å². The first-order valence-electron chi connectivity index (χ1n) is 5.53. The van der Waals surface area contributed by atoms with E-state index in [4.69, 9.17) is 10.9 Å². The maximum absolute atomic E-state index is 8.55. The summed E-state index contributed by atoms with van der Waals surface area (Å²) in [5.74, 6) is 0.226. The fraction of sp³-hybridized carbons (Fsp3) is 0.417. The molecule has 5 nitrogen and oxygen atoms in total. The Morgan fingerprint density at radius 3 is 2.82 bits per heavy atom. The Morgan fingerprint density at radius 2 is 2.24 bits per heavy atom. The lowest BCUT2D eigenvalue weighted by molar-refractivity contribution is 0.315. The van der Waals surface area contributed by atoms with Crippen LogP contribution < -0.4 is 16.0 Å². The van der Waals surface area contributed by atoms with Gasteiger partial charge in [0.25, 0.3) is 0 Å². The topological polar surface area (TPSA) is 73.9 Å². The molecule has 0 aliphatic rings. The quantitative estimate of drug-likeness (QED) is 0.314. The van der Waals surface area contributed by atoms with Gasteiger partial charge in [-0.15, -0.1) is 0 Å². The van der Waals surface area contributed by atoms with E-state index in [2.05, 4.69) is 16.5 Å². The van der Waals surface area contributed by atoms with Crippen molar-refractivity contribution in [3.63, 3.8) is 0 Å². The van der Waals surface area contributed by atoms with Crippen LogP contribution in [0.3, 0.4) is 0 Å². The van der Waals surface area contributed by atoms with Gasteiger partial charge in [-0.2, -0.15) is 0 Å². The molecule has 0 bridgehead atoms. The van der Waals surface area contributed by atoms with Crippen molar-refractivity contribution in [2.45, 2.75) is 6.92 Å². The van der Waals surface area contributed by atoms with Gasteiger partial charge in [-0.3, -0.25) is 0 Å². The monoisotopic (exact) mass is 236 g/mol. The Balaban J connectivity index is 2.60. The molecule has 4 N–H and O–H groups in total. The number of oxime groups is 1. The molecule has 0 saturated heterocycles. The number of hydrogen-bond donors (Lipinski definition) is 3. The van der Waals surface area contributed by atoms with Crippen LogP contribution in [-0.4, -0.2) is 31.7 Å². The molecule has 0 spiro atoms. The van der Waals surface area contributed by atoms with Crippen molar-refractivity contribution in [2.24, 2.45) is 16.8 Å². The lowest BCUT2D eigenvalue weighted by Crippen LogP contribution is -2.27. The van der Waals surface area contributed by atoms with E-state index >= 15 is 0 Å². The van der Waals surface area contributed by atoms with Crippen molar-refractivity contribution < 1.29 is 5.21 Å². The van der Waals surface area contributed by atoms with E-state index < -0.39 is 0 Å². The second-order valence-electron chi connectivity index (χ2n) is 4.25. The average molecular weight is 236 g/mol. The predicted octanol–water partition coefficient (Wildman–Crippen LogP) is 1.55. The zero-order chi connectivity index (χ0) is 12.8. The van der Waals surface area contributed by atoms with E-state index in [-0.39, 0.29) is 11.8 Å². The van der Waals surface area contributed by atoms with E-state index in [1.807, 2.05) is 44.1 Å². The van der Waals surface area contributed by atoms with E-state index in [1.165, 1.54) is 0 Å². The first-order chi connectivity index (χ1) is 8.04. The smallest absolute Gasteiger partial charge is 0.143 e. The second-order valence-corrected chi connectivity index (χ2v) is 4.25. The van der Waals surface area contributed by atoms with E-state index in [9.17, 15) is 0 Å². The molecule has 0 heterocycles. The molecule has 1 aromatic rings. The summed E-state index contributed by atoms with van der Waals surface area (Å²) in [4.78, 5) is 2.04. The Bertz CT molecular complexity index is 390. The Hall–Kier alpha value is -1.91. The van der Waals surface area contributed by atoms with Crippen LogP contribution in [0.15, 0.2) is 29.4 Å². The van der Waals surface area contributed by atoms with Crippen LogP contribution in [0.1, 0.15) is 6.92 Å². The Labute approximate surface area is 102 Å². The maximum Gasteiger partial charge on any atom is 0.143 e. The van der Waals surface area contributed by atoms with Crippen LogP contribution in [0, 0.1) is 5.92 Å². The predicted molar refractivity (Wildman–Crippen MR) is 71.8 cm³/mol. The molecule has 94 valence electrons. The number of amidine groups is 1. The number of rotatable bonds is 5. The third kappa shape index (κ3) is 3.86. The summed E-state index contributed by atoms with van der Waals surface area (Å²) in [5, 5.41) is 14.8. The maximum atomic E-state index is 8.55. The molecule has 0 aromatic heterocycles. The summed E-state index contributed by atoms with van der Waals surface area (Å²) in [6.45, 7) is 2.53. The highest BCUT2D eigenvalue weighted by atomic mass is 16.4. The second kappa shape index (κ2) is 5.98. The van der Waals surface area contributed by atoms with Crippen molar-refractivity contribution in [1.82, 2.24) is 0 Å². The molecule has 1 atom stereocenters. The molecular weight excluding hydrogens is 216 g/mol. The molecule has 0 fully saturated rings. The van der Waals surface area contributed by atoms with Gasteiger partial charge in [0, 0.05) is 37.9 Å². The van der Waals surface area contributed by atoms with Gasteiger partial charge in [0.15, 0.2) is 0 Å². The molecule has 0 aliphatic heterocycles. The molecule has 0 amide bonds. The van der Waals surface area contributed by atoms with Crippen LogP contribution in [0.5, 0.6) is 0 Å². The van der Waals surface area contributed by atoms with Crippen LogP contribution in [0.4, 0.5) is 11.4 Å². The summed E-state index contributed by atoms with van der Waals surface area (Å²) in [6, 6.07) is 8.08. The molecule has 17 heavy (non-hydrogen) atoms. The van der Waals surface area contributed by atoms with Crippen molar-refractivity contribution in [2.75, 3.05) is 30.9 Å². The lowest BCUT2D eigenvalue weighted by atomic mass is 10.1. The van der Waals surface area contributed by atoms with E-state index in [0.29, 0.717) is 6.54 Å². The highest BCUT2D eigenvalue weighted by molar-refractivity contribution is 5.82. The molecule has 5 heteroatoms. The van der Waals surface area contributed by atoms with Crippen LogP contribution in [0.25, 0.3) is 0 Å². The van der Waals surface area contributed by atoms with Gasteiger partial charge in [0.2, 0.25) is 0 Å². The highest BCUT2D eigenvalue weighted by Gasteiger charge is 2.07. The molecule has 0 saturated carbocycles. The highest BCUT2D eigenvalue weighted by Crippen LogP contribution is 2.17. The number of hydrogen-bond acceptors (Lipinski definition) is 4. The van der Waals surface area contributed by atoms with Gasteiger partial charge in [-0.1, -0.05) is 18.1 Å². The Morgan fingerprint density at radius 1 is 1.53 bits per heavy atom. The number of benzene rings is 1. The summed E-state index contributed by atoms with van der Waals surface area (Å²) in [6.07, 6.45) is 0. The van der Waals surface area contributed by atoms with E-state index in [1.54, 1.807) is 0 Å². The third-order valence-electron chi connectivity index (χ3n) is 2.60. The van der Waals surface area contributed by atoms with Crippen LogP contribution >= 0.6 is 0 Å². The van der Waals surface area contributed by atoms with Gasteiger partial charge in [-0.25, -0.2) is 0 Å². The van der Waals surface area contributed by atoms with Gasteiger partial charge < -0.3 is 21.2 Å². The van der Waals surface area contributed by atoms with Crippen molar-refractivity contribution in [3.05, 3.63) is 24.3 Å². The van der Waals surface area contributed by atoms with Gasteiger partial charge >= 0.3 is 0 Å². The summed E-state index contributed by atoms with van der Waals surface area (Å²) >= 11 is 0. The van der Waals surface area contributed by atoms with Crippen molar-refractivity contribution in [3.8, 4) is 0 Å². The minimum atomic E-state index is -0.0111. The van der Waals surface area contributed by atoms with Crippen molar-refractivity contribution >= 4 is 17.2 Å². The summed E-state index contributed by atoms with van der Waals surface area (Å²) < 4.78 is 0. The van der Waals surface area contributed by atoms with Crippen LogP contribution in [-0.2, 0) is 0 Å². The number of nitrogens with one attached hydrogen (secondary N) is 1. The van der Waals surface area contributed by atoms with E-state index in [0.717, 1.165) is 11.4 Å². The standard InChI is InChI=1S/C12H20N4O/c1-9(12(13)15-17)8-14-10-5-4-6-11(7-10)16(2)3/h4-7,9,14,17H,8H2,1-3H3,(H2,13,15). The van der Waals surface area contributed by atoms with Gasteiger partial charge in [0.05, 0.1) is 0 Å². The average Bonchev–Trinajstić information content (AvgIpc) is 2.35. The zero-order valence-corrected chi connectivity index (χ0v) is 10.5. The molecule has 0 aliphatic carbocycles. The molecule has 1 unspecified atom stereocenters. The van der Waals surface area contributed by atoms with Gasteiger partial charge in [0.1, 0.15) is 5.84 Å². The third-order valence-corrected chi connectivity index (χ3v) is 2.60. The summed E-state index contributed by atoms with van der Waals surface area (Å²) in [7, 11) is 4.00. The minimum Gasteiger partial charge on any atom is -0.409 e. The normalized spacial score (nSPS) is 13.2. The molecule has 0 radical (unpaired) electrons. The molecule has 1 rings (SSSR count). The van der Waals surface area contributed by atoms with Gasteiger partial charge in [-0.05, 0) is 18.2 Å². The number of nitrogens with two attached hydrogens (primary N) is 1. The Kier molecular flexibility index (Phi) is 4.63. The zero-order valence-electron chi connectivity index (χ0n) is 10.5. The first-order valence-corrected chi connectivity index (χ1v) is 5.53. The molecular formula is C12H20N4O. The number of anilines is 2. The lowest BCUT2D eigenvalue weighted by Gasteiger charge is -2.16. The number of nitrogens with zero attached hydrogens (tertiary/aromatic N) is 2. The fourth-order valence-electron chi connectivity index (χ4n) is 1.37. The summed E-state index contributed by atoms with van der Waals surface area (Å²) in [5.41, 5.74) is 7.66. The SMILES string of the molecule is CC(CNc1cccc(N(C)C)c1)/C(N)=N/O. The molecule has 1 aromatic carbocycles. The minimum absolute atomic E-state index is 0.0111. The fourth-order valence-corrected chi connectivity index (χ4v) is 1.37. The largest absolute Gasteiger partial charge is 0.409 e. The first kappa shape index (κ1) is 13.2.